The van der Waals surface area contributed by atoms with E-state index in [1.807, 2.05) is 13.8 Å². The lowest BCUT2D eigenvalue weighted by Gasteiger charge is -2.38. The summed E-state index contributed by atoms with van der Waals surface area (Å²) in [5.41, 5.74) is -0.219. The quantitative estimate of drug-likeness (QED) is 0.838. The van der Waals surface area contributed by atoms with Gasteiger partial charge in [0.15, 0.2) is 0 Å². The van der Waals surface area contributed by atoms with Crippen LogP contribution in [0.3, 0.4) is 0 Å². The summed E-state index contributed by atoms with van der Waals surface area (Å²) in [7, 11) is -3.27. The third-order valence-electron chi connectivity index (χ3n) is 5.28. The molecular formula is C15H29N3O2S. The number of hydrogen-bond acceptors (Lipinski definition) is 3. The van der Waals surface area contributed by atoms with Crippen LogP contribution in [0.1, 0.15) is 52.4 Å². The fourth-order valence-corrected chi connectivity index (χ4v) is 5.64. The molecule has 0 aromatic heterocycles. The monoisotopic (exact) mass is 315 g/mol. The van der Waals surface area contributed by atoms with Crippen LogP contribution in [0.5, 0.6) is 0 Å². The Kier molecular flexibility index (Phi) is 4.34. The Bertz CT molecular complexity index is 465. The second-order valence-corrected chi connectivity index (χ2v) is 9.37. The molecule has 0 amide bonds. The van der Waals surface area contributed by atoms with Crippen LogP contribution in [0.2, 0.25) is 0 Å². The summed E-state index contributed by atoms with van der Waals surface area (Å²) in [6, 6.07) is 0.747. The van der Waals surface area contributed by atoms with Crippen LogP contribution in [0.25, 0.3) is 0 Å². The Hall–Kier alpha value is -0.170. The Labute approximate surface area is 129 Å². The molecule has 0 aromatic carbocycles. The maximum absolute atomic E-state index is 12.8. The first-order valence-electron chi connectivity index (χ1n) is 8.41. The molecule has 2 saturated heterocycles. The molecule has 1 N–H and O–H groups in total. The second-order valence-electron chi connectivity index (χ2n) is 7.52. The van der Waals surface area contributed by atoms with Crippen LogP contribution in [-0.4, -0.2) is 54.8 Å². The van der Waals surface area contributed by atoms with Crippen molar-refractivity contribution in [2.45, 2.75) is 64.0 Å². The summed E-state index contributed by atoms with van der Waals surface area (Å²) < 4.78 is 29.1. The molecule has 2 aliphatic heterocycles. The van der Waals surface area contributed by atoms with E-state index in [1.165, 1.54) is 12.8 Å². The van der Waals surface area contributed by atoms with E-state index < -0.39 is 10.2 Å². The minimum absolute atomic E-state index is 0.219. The van der Waals surface area contributed by atoms with Crippen LogP contribution in [0.4, 0.5) is 0 Å². The summed E-state index contributed by atoms with van der Waals surface area (Å²) in [5.74, 6) is 0.642. The highest BCUT2D eigenvalue weighted by molar-refractivity contribution is 7.86. The molecule has 0 bridgehead atoms. The molecular weight excluding hydrogens is 286 g/mol. The maximum Gasteiger partial charge on any atom is 0.282 e. The van der Waals surface area contributed by atoms with Gasteiger partial charge >= 0.3 is 0 Å². The van der Waals surface area contributed by atoms with E-state index in [9.17, 15) is 8.42 Å². The molecule has 2 heterocycles. The van der Waals surface area contributed by atoms with Crippen molar-refractivity contribution in [1.29, 1.82) is 0 Å². The van der Waals surface area contributed by atoms with Crippen molar-refractivity contribution in [2.75, 3.05) is 26.2 Å². The van der Waals surface area contributed by atoms with Gasteiger partial charge in [-0.15, -0.1) is 0 Å². The molecule has 0 radical (unpaired) electrons. The fourth-order valence-electron chi connectivity index (χ4n) is 3.61. The lowest BCUT2D eigenvalue weighted by Crippen LogP contribution is -2.52. The van der Waals surface area contributed by atoms with Crippen molar-refractivity contribution in [3.8, 4) is 0 Å². The van der Waals surface area contributed by atoms with E-state index in [1.54, 1.807) is 8.61 Å². The van der Waals surface area contributed by atoms with Crippen molar-refractivity contribution < 1.29 is 8.42 Å². The zero-order chi connectivity index (χ0) is 15.1. The Morgan fingerprint density at radius 3 is 2.29 bits per heavy atom. The predicted molar refractivity (Wildman–Crippen MR) is 84.3 cm³/mol. The standard InChI is InChI=1S/C15H29N3O2S/c1-15(2)8-3-9-18(15)21(19,20)17-10-6-13(7-11-17)12-16-14-4-5-14/h13-14,16H,3-12H2,1-2H3. The molecule has 0 aromatic rings. The molecule has 122 valence electrons. The molecule has 0 unspecified atom stereocenters. The lowest BCUT2D eigenvalue weighted by molar-refractivity contribution is 0.225. The van der Waals surface area contributed by atoms with Gasteiger partial charge in [-0.05, 0) is 64.8 Å². The van der Waals surface area contributed by atoms with Crippen molar-refractivity contribution in [3.63, 3.8) is 0 Å². The number of hydrogen-bond donors (Lipinski definition) is 1. The topological polar surface area (TPSA) is 52.7 Å². The zero-order valence-corrected chi connectivity index (χ0v) is 14.2. The molecule has 1 aliphatic carbocycles. The van der Waals surface area contributed by atoms with Gasteiger partial charge in [-0.1, -0.05) is 0 Å². The molecule has 0 atom stereocenters. The van der Waals surface area contributed by atoms with Gasteiger partial charge in [0.2, 0.25) is 0 Å². The van der Waals surface area contributed by atoms with Gasteiger partial charge in [0.05, 0.1) is 0 Å². The van der Waals surface area contributed by atoms with Crippen molar-refractivity contribution in [3.05, 3.63) is 0 Å². The van der Waals surface area contributed by atoms with E-state index in [0.29, 0.717) is 25.6 Å². The molecule has 21 heavy (non-hydrogen) atoms. The first kappa shape index (κ1) is 15.7. The Morgan fingerprint density at radius 1 is 1.10 bits per heavy atom. The van der Waals surface area contributed by atoms with Gasteiger partial charge in [-0.25, -0.2) is 0 Å². The SMILES string of the molecule is CC1(C)CCCN1S(=O)(=O)N1CCC(CNC2CC2)CC1. The Morgan fingerprint density at radius 2 is 1.76 bits per heavy atom. The van der Waals surface area contributed by atoms with E-state index in [4.69, 9.17) is 0 Å². The largest absolute Gasteiger partial charge is 0.314 e. The van der Waals surface area contributed by atoms with Crippen molar-refractivity contribution in [1.82, 2.24) is 13.9 Å². The molecule has 3 fully saturated rings. The van der Waals surface area contributed by atoms with Gasteiger partial charge in [0.25, 0.3) is 10.2 Å². The van der Waals surface area contributed by atoms with Crippen LogP contribution >= 0.6 is 0 Å². The van der Waals surface area contributed by atoms with Crippen LogP contribution in [0, 0.1) is 5.92 Å². The predicted octanol–water partition coefficient (Wildman–Crippen LogP) is 1.57. The molecule has 1 saturated carbocycles. The van der Waals surface area contributed by atoms with Gasteiger partial charge in [0.1, 0.15) is 0 Å². The minimum Gasteiger partial charge on any atom is -0.314 e. The Balaban J connectivity index is 1.55. The molecule has 6 heteroatoms. The van der Waals surface area contributed by atoms with E-state index in [2.05, 4.69) is 5.32 Å². The highest BCUT2D eigenvalue weighted by Crippen LogP contribution is 2.33. The van der Waals surface area contributed by atoms with Gasteiger partial charge in [0, 0.05) is 31.2 Å². The summed E-state index contributed by atoms with van der Waals surface area (Å²) in [4.78, 5) is 0. The first-order valence-corrected chi connectivity index (χ1v) is 9.80. The van der Waals surface area contributed by atoms with E-state index in [-0.39, 0.29) is 5.54 Å². The summed E-state index contributed by atoms with van der Waals surface area (Å²) >= 11 is 0. The fraction of sp³-hybridized carbons (Fsp3) is 1.00. The zero-order valence-electron chi connectivity index (χ0n) is 13.3. The maximum atomic E-state index is 12.8. The van der Waals surface area contributed by atoms with E-state index >= 15 is 0 Å². The first-order chi connectivity index (χ1) is 9.89. The minimum atomic E-state index is -3.27. The number of piperidine rings is 1. The highest BCUT2D eigenvalue weighted by atomic mass is 32.2. The van der Waals surface area contributed by atoms with E-state index in [0.717, 1.165) is 38.3 Å². The highest BCUT2D eigenvalue weighted by Gasteiger charge is 2.43. The molecule has 5 nitrogen and oxygen atoms in total. The second kappa shape index (κ2) is 5.80. The smallest absolute Gasteiger partial charge is 0.282 e. The third-order valence-corrected chi connectivity index (χ3v) is 7.53. The summed E-state index contributed by atoms with van der Waals surface area (Å²) in [6.45, 7) is 7.21. The molecule has 0 spiro atoms. The van der Waals surface area contributed by atoms with Crippen LogP contribution in [0.15, 0.2) is 0 Å². The normalized spacial score (nSPS) is 29.0. The van der Waals surface area contributed by atoms with Gasteiger partial charge in [-0.3, -0.25) is 0 Å². The molecule has 3 rings (SSSR count). The van der Waals surface area contributed by atoms with Crippen molar-refractivity contribution >= 4 is 10.2 Å². The molecule has 3 aliphatic rings. The van der Waals surface area contributed by atoms with Gasteiger partial charge < -0.3 is 5.32 Å². The number of rotatable bonds is 5. The average Bonchev–Trinajstić information content (AvgIpc) is 3.19. The van der Waals surface area contributed by atoms with Crippen molar-refractivity contribution in [2.24, 2.45) is 5.92 Å². The number of nitrogens with zero attached hydrogens (tertiary/aromatic N) is 2. The average molecular weight is 315 g/mol. The third kappa shape index (κ3) is 3.44. The summed E-state index contributed by atoms with van der Waals surface area (Å²) in [5, 5.41) is 3.57. The van der Waals surface area contributed by atoms with Crippen LogP contribution < -0.4 is 5.32 Å². The van der Waals surface area contributed by atoms with Gasteiger partial charge in [-0.2, -0.15) is 17.0 Å². The summed E-state index contributed by atoms with van der Waals surface area (Å²) in [6.07, 6.45) is 6.57. The van der Waals surface area contributed by atoms with Crippen LogP contribution in [-0.2, 0) is 10.2 Å². The number of nitrogens with one attached hydrogen (secondary N) is 1. The lowest BCUT2D eigenvalue weighted by atomic mass is 9.98.